The van der Waals surface area contributed by atoms with Crippen molar-refractivity contribution in [3.8, 4) is 0 Å². The van der Waals surface area contributed by atoms with Gasteiger partial charge in [0.15, 0.2) is 0 Å². The van der Waals surface area contributed by atoms with Gasteiger partial charge >= 0.3 is 6.18 Å². The molecule has 3 heteroatoms. The molecule has 12 heavy (non-hydrogen) atoms. The smallest absolute Gasteiger partial charge is 0.171 e. The van der Waals surface area contributed by atoms with E-state index in [4.69, 9.17) is 0 Å². The van der Waals surface area contributed by atoms with E-state index in [9.17, 15) is 13.2 Å². The van der Waals surface area contributed by atoms with Crippen LogP contribution < -0.4 is 0 Å². The molecule has 0 radical (unpaired) electrons. The summed E-state index contributed by atoms with van der Waals surface area (Å²) in [7, 11) is 0. The molecule has 0 bridgehead atoms. The quantitative estimate of drug-likeness (QED) is 0.576. The van der Waals surface area contributed by atoms with E-state index in [-0.39, 0.29) is 5.57 Å². The Morgan fingerprint density at radius 1 is 1.42 bits per heavy atom. The predicted octanol–water partition coefficient (Wildman–Crippen LogP) is 3.63. The lowest BCUT2D eigenvalue weighted by Crippen LogP contribution is -2.07. The summed E-state index contributed by atoms with van der Waals surface area (Å²) >= 11 is 0. The monoisotopic (exact) mass is 176 g/mol. The largest absolute Gasteiger partial charge is 0.393 e. The molecular formula is C9H11F3. The van der Waals surface area contributed by atoms with Gasteiger partial charge in [-0.3, -0.25) is 0 Å². The van der Waals surface area contributed by atoms with Crippen LogP contribution in [0.3, 0.4) is 0 Å². The topological polar surface area (TPSA) is 0 Å². The standard InChI is InChI=1S/C9H11F3/c1-3-5-6-8(4-2)7-9(10,11)12/h3-6H,1,7H2,2H3/b6-5-,8-4+. The van der Waals surface area contributed by atoms with Crippen LogP contribution in [0.1, 0.15) is 13.3 Å². The zero-order chi connectivity index (χ0) is 9.61. The van der Waals surface area contributed by atoms with Gasteiger partial charge in [0.1, 0.15) is 0 Å². The molecule has 0 aliphatic heterocycles. The number of halogens is 3. The summed E-state index contributed by atoms with van der Waals surface area (Å²) in [6.07, 6.45) is 0.760. The molecule has 0 spiro atoms. The highest BCUT2D eigenvalue weighted by Crippen LogP contribution is 2.24. The molecule has 0 amide bonds. The van der Waals surface area contributed by atoms with E-state index in [0.29, 0.717) is 0 Å². The summed E-state index contributed by atoms with van der Waals surface area (Å²) in [6.45, 7) is 4.95. The molecule has 0 aliphatic carbocycles. The lowest BCUT2D eigenvalue weighted by molar-refractivity contribution is -0.126. The molecule has 0 N–H and O–H groups in total. The van der Waals surface area contributed by atoms with Crippen LogP contribution >= 0.6 is 0 Å². The molecule has 0 aromatic heterocycles. The molecular weight excluding hydrogens is 165 g/mol. The number of rotatable bonds is 3. The normalized spacial score (nSPS) is 13.8. The van der Waals surface area contributed by atoms with Crippen molar-refractivity contribution in [3.63, 3.8) is 0 Å². The van der Waals surface area contributed by atoms with Gasteiger partial charge in [-0.2, -0.15) is 13.2 Å². The maximum absolute atomic E-state index is 11.8. The Hall–Kier alpha value is -0.990. The van der Waals surface area contributed by atoms with Crippen LogP contribution in [0.5, 0.6) is 0 Å². The Balaban J connectivity index is 4.21. The Morgan fingerprint density at radius 2 is 2.00 bits per heavy atom. The second kappa shape index (κ2) is 4.80. The van der Waals surface area contributed by atoms with E-state index in [1.165, 1.54) is 24.3 Å². The molecule has 0 nitrogen and oxygen atoms in total. The van der Waals surface area contributed by atoms with E-state index in [1.54, 1.807) is 6.92 Å². The molecule has 0 heterocycles. The first kappa shape index (κ1) is 11.0. The van der Waals surface area contributed by atoms with Crippen molar-refractivity contribution in [3.05, 3.63) is 36.5 Å². The van der Waals surface area contributed by atoms with Crippen LogP contribution in [0.4, 0.5) is 13.2 Å². The Morgan fingerprint density at radius 3 is 2.33 bits per heavy atom. The van der Waals surface area contributed by atoms with E-state index >= 15 is 0 Å². The van der Waals surface area contributed by atoms with Crippen LogP contribution in [-0.4, -0.2) is 6.18 Å². The first-order chi connectivity index (χ1) is 5.49. The van der Waals surface area contributed by atoms with Crippen LogP contribution in [0.2, 0.25) is 0 Å². The highest BCUT2D eigenvalue weighted by Gasteiger charge is 2.27. The molecule has 0 aliphatic rings. The summed E-state index contributed by atoms with van der Waals surface area (Å²) < 4.78 is 35.5. The van der Waals surface area contributed by atoms with Gasteiger partial charge in [-0.25, -0.2) is 0 Å². The Bertz CT molecular complexity index is 196. The van der Waals surface area contributed by atoms with Crippen LogP contribution in [0.15, 0.2) is 36.5 Å². The van der Waals surface area contributed by atoms with Gasteiger partial charge in [0.2, 0.25) is 0 Å². The zero-order valence-electron chi connectivity index (χ0n) is 6.86. The van der Waals surface area contributed by atoms with Crippen LogP contribution in [0, 0.1) is 0 Å². The fraction of sp³-hybridized carbons (Fsp3) is 0.333. The van der Waals surface area contributed by atoms with Crippen molar-refractivity contribution in [1.82, 2.24) is 0 Å². The summed E-state index contributed by atoms with van der Waals surface area (Å²) in [5, 5.41) is 0. The number of alkyl halides is 3. The second-order valence-electron chi connectivity index (χ2n) is 2.25. The molecule has 0 unspecified atom stereocenters. The maximum atomic E-state index is 11.8. The van der Waals surface area contributed by atoms with Crippen molar-refractivity contribution in [2.45, 2.75) is 19.5 Å². The van der Waals surface area contributed by atoms with Gasteiger partial charge in [0.05, 0.1) is 6.42 Å². The van der Waals surface area contributed by atoms with Gasteiger partial charge < -0.3 is 0 Å². The van der Waals surface area contributed by atoms with Crippen molar-refractivity contribution >= 4 is 0 Å². The molecule has 0 fully saturated rings. The minimum absolute atomic E-state index is 0.252. The third kappa shape index (κ3) is 5.77. The molecule has 68 valence electrons. The van der Waals surface area contributed by atoms with Gasteiger partial charge in [-0.15, -0.1) is 0 Å². The summed E-state index contributed by atoms with van der Waals surface area (Å²) in [5.41, 5.74) is 0.252. The van der Waals surface area contributed by atoms with E-state index in [1.807, 2.05) is 0 Å². The first-order valence-corrected chi connectivity index (χ1v) is 3.50. The Labute approximate surface area is 70.1 Å². The fourth-order valence-electron chi connectivity index (χ4n) is 0.680. The van der Waals surface area contributed by atoms with Crippen LogP contribution in [-0.2, 0) is 0 Å². The third-order valence-electron chi connectivity index (χ3n) is 1.22. The maximum Gasteiger partial charge on any atom is 0.393 e. The molecule has 0 aromatic carbocycles. The minimum atomic E-state index is -4.13. The van der Waals surface area contributed by atoms with Gasteiger partial charge in [0, 0.05) is 0 Å². The predicted molar refractivity (Wildman–Crippen MR) is 43.8 cm³/mol. The molecule has 0 aromatic rings. The first-order valence-electron chi connectivity index (χ1n) is 3.50. The number of allylic oxidation sites excluding steroid dienone is 5. The molecule has 0 saturated carbocycles. The number of hydrogen-bond donors (Lipinski definition) is 0. The lowest BCUT2D eigenvalue weighted by atomic mass is 10.1. The van der Waals surface area contributed by atoms with Gasteiger partial charge in [-0.05, 0) is 12.5 Å². The molecule has 0 rings (SSSR count). The zero-order valence-corrected chi connectivity index (χ0v) is 6.86. The van der Waals surface area contributed by atoms with Crippen molar-refractivity contribution < 1.29 is 13.2 Å². The average molecular weight is 176 g/mol. The van der Waals surface area contributed by atoms with Gasteiger partial charge in [0.25, 0.3) is 0 Å². The van der Waals surface area contributed by atoms with Gasteiger partial charge in [-0.1, -0.05) is 30.9 Å². The number of hydrogen-bond acceptors (Lipinski definition) is 0. The molecule has 0 atom stereocenters. The minimum Gasteiger partial charge on any atom is -0.171 e. The van der Waals surface area contributed by atoms with E-state index in [2.05, 4.69) is 6.58 Å². The fourth-order valence-corrected chi connectivity index (χ4v) is 0.680. The summed E-state index contributed by atoms with van der Waals surface area (Å²) in [6, 6.07) is 0. The van der Waals surface area contributed by atoms with E-state index in [0.717, 1.165) is 0 Å². The third-order valence-corrected chi connectivity index (χ3v) is 1.22. The molecule has 0 saturated heterocycles. The highest BCUT2D eigenvalue weighted by molar-refractivity contribution is 5.21. The lowest BCUT2D eigenvalue weighted by Gasteiger charge is -2.05. The highest BCUT2D eigenvalue weighted by atomic mass is 19.4. The summed E-state index contributed by atoms with van der Waals surface area (Å²) in [5.74, 6) is 0. The summed E-state index contributed by atoms with van der Waals surface area (Å²) in [4.78, 5) is 0. The van der Waals surface area contributed by atoms with Crippen molar-refractivity contribution in [1.29, 1.82) is 0 Å². The average Bonchev–Trinajstić information content (AvgIpc) is 1.95. The second-order valence-corrected chi connectivity index (χ2v) is 2.25. The SMILES string of the molecule is C=C/C=C\C(=C/C)CC(F)(F)F. The Kier molecular flexibility index (Phi) is 4.40. The van der Waals surface area contributed by atoms with Crippen molar-refractivity contribution in [2.24, 2.45) is 0 Å². The van der Waals surface area contributed by atoms with Crippen LogP contribution in [0.25, 0.3) is 0 Å². The van der Waals surface area contributed by atoms with E-state index < -0.39 is 12.6 Å². The van der Waals surface area contributed by atoms with Crippen molar-refractivity contribution in [2.75, 3.05) is 0 Å².